The minimum absolute atomic E-state index is 0.00443. The van der Waals surface area contributed by atoms with Gasteiger partial charge in [-0.2, -0.15) is 0 Å². The molecule has 0 saturated carbocycles. The van der Waals surface area contributed by atoms with Crippen molar-refractivity contribution in [3.05, 3.63) is 48.2 Å². The topological polar surface area (TPSA) is 84.6 Å². The smallest absolute Gasteiger partial charge is 0.221 e. The Bertz CT molecular complexity index is 943. The molecule has 0 bridgehead atoms. The van der Waals surface area contributed by atoms with Gasteiger partial charge in [-0.1, -0.05) is 18.2 Å². The molecule has 0 aliphatic rings. The van der Waals surface area contributed by atoms with E-state index in [9.17, 15) is 4.79 Å². The van der Waals surface area contributed by atoms with Crippen LogP contribution in [-0.4, -0.2) is 45.3 Å². The van der Waals surface area contributed by atoms with Crippen molar-refractivity contribution in [2.24, 2.45) is 0 Å². The fraction of sp³-hybridized carbons (Fsp3) is 0.318. The summed E-state index contributed by atoms with van der Waals surface area (Å²) in [5, 5.41) is 7.40. The van der Waals surface area contributed by atoms with Crippen LogP contribution in [0, 0.1) is 0 Å². The number of para-hydroxylation sites is 1. The molecule has 1 amide bonds. The molecule has 0 unspecified atom stereocenters. The molecule has 2 aromatic carbocycles. The Balaban J connectivity index is 1.46. The standard InChI is InChI=1S/C22H27N3O4/c1-27-19-12-16(13-20(28-2)22(19)29-3)23-11-9-21(26)24-10-8-15-14-25-18-7-5-4-6-17(15)18/h4-7,12-14,23,25H,8-11H2,1-3H3,(H,24,26). The third kappa shape index (κ3) is 4.93. The number of ether oxygens (including phenoxy) is 3. The zero-order valence-corrected chi connectivity index (χ0v) is 17.0. The van der Waals surface area contributed by atoms with E-state index in [2.05, 4.69) is 21.7 Å². The molecule has 3 N–H and O–H groups in total. The summed E-state index contributed by atoms with van der Waals surface area (Å²) in [5.41, 5.74) is 3.12. The summed E-state index contributed by atoms with van der Waals surface area (Å²) in [5.74, 6) is 1.68. The van der Waals surface area contributed by atoms with Crippen molar-refractivity contribution in [3.63, 3.8) is 0 Å². The first kappa shape index (κ1) is 20.4. The molecular weight excluding hydrogens is 370 g/mol. The predicted molar refractivity (Wildman–Crippen MR) is 114 cm³/mol. The highest BCUT2D eigenvalue weighted by molar-refractivity contribution is 5.83. The van der Waals surface area contributed by atoms with Crippen molar-refractivity contribution in [1.29, 1.82) is 0 Å². The predicted octanol–water partition coefficient (Wildman–Crippen LogP) is 3.35. The van der Waals surface area contributed by atoms with Gasteiger partial charge in [0.15, 0.2) is 11.5 Å². The molecule has 154 valence electrons. The zero-order chi connectivity index (χ0) is 20.6. The number of H-pyrrole nitrogens is 1. The molecule has 1 heterocycles. The first-order valence-electron chi connectivity index (χ1n) is 9.51. The van der Waals surface area contributed by atoms with Crippen molar-refractivity contribution >= 4 is 22.5 Å². The van der Waals surface area contributed by atoms with Crippen molar-refractivity contribution in [2.45, 2.75) is 12.8 Å². The molecule has 29 heavy (non-hydrogen) atoms. The quantitative estimate of drug-likeness (QED) is 0.489. The van der Waals surface area contributed by atoms with Crippen molar-refractivity contribution in [2.75, 3.05) is 39.7 Å². The average molecular weight is 397 g/mol. The Morgan fingerprint density at radius 2 is 1.72 bits per heavy atom. The highest BCUT2D eigenvalue weighted by Gasteiger charge is 2.13. The van der Waals surface area contributed by atoms with Gasteiger partial charge in [0.05, 0.1) is 21.3 Å². The van der Waals surface area contributed by atoms with Gasteiger partial charge in [0.25, 0.3) is 0 Å². The molecule has 0 saturated heterocycles. The van der Waals surface area contributed by atoms with Crippen LogP contribution in [0.2, 0.25) is 0 Å². The number of rotatable bonds is 10. The molecule has 7 heteroatoms. The van der Waals surface area contributed by atoms with Gasteiger partial charge < -0.3 is 29.8 Å². The Morgan fingerprint density at radius 3 is 2.41 bits per heavy atom. The van der Waals surface area contributed by atoms with E-state index in [-0.39, 0.29) is 5.91 Å². The van der Waals surface area contributed by atoms with E-state index in [1.807, 2.05) is 36.5 Å². The summed E-state index contributed by atoms with van der Waals surface area (Å²) >= 11 is 0. The van der Waals surface area contributed by atoms with Gasteiger partial charge in [0.1, 0.15) is 0 Å². The Kier molecular flexibility index (Phi) is 6.84. The van der Waals surface area contributed by atoms with Crippen LogP contribution >= 0.6 is 0 Å². The van der Waals surface area contributed by atoms with Gasteiger partial charge in [0.2, 0.25) is 11.7 Å². The van der Waals surface area contributed by atoms with Crippen LogP contribution in [0.25, 0.3) is 10.9 Å². The van der Waals surface area contributed by atoms with Gasteiger partial charge >= 0.3 is 0 Å². The molecule has 0 aliphatic carbocycles. The minimum Gasteiger partial charge on any atom is -0.493 e. The number of fused-ring (bicyclic) bond motifs is 1. The van der Waals surface area contributed by atoms with E-state index in [1.54, 1.807) is 21.3 Å². The highest BCUT2D eigenvalue weighted by atomic mass is 16.5. The largest absolute Gasteiger partial charge is 0.493 e. The maximum absolute atomic E-state index is 12.1. The monoisotopic (exact) mass is 397 g/mol. The first-order valence-corrected chi connectivity index (χ1v) is 9.51. The molecule has 0 spiro atoms. The first-order chi connectivity index (χ1) is 14.2. The van der Waals surface area contributed by atoms with E-state index in [0.29, 0.717) is 36.8 Å². The molecule has 3 rings (SSSR count). The normalized spacial score (nSPS) is 10.6. The second-order valence-corrected chi connectivity index (χ2v) is 6.55. The molecule has 0 aliphatic heterocycles. The molecule has 0 radical (unpaired) electrons. The molecule has 7 nitrogen and oxygen atoms in total. The van der Waals surface area contributed by atoms with Crippen LogP contribution in [0.15, 0.2) is 42.6 Å². The van der Waals surface area contributed by atoms with E-state index >= 15 is 0 Å². The van der Waals surface area contributed by atoms with Crippen LogP contribution in [0.3, 0.4) is 0 Å². The number of nitrogens with one attached hydrogen (secondary N) is 3. The van der Waals surface area contributed by atoms with E-state index in [0.717, 1.165) is 17.6 Å². The second kappa shape index (κ2) is 9.73. The summed E-state index contributed by atoms with van der Waals surface area (Å²) in [7, 11) is 4.71. The summed E-state index contributed by atoms with van der Waals surface area (Å²) in [6, 6.07) is 11.8. The van der Waals surface area contributed by atoms with Gasteiger partial charge in [-0.25, -0.2) is 0 Å². The lowest BCUT2D eigenvalue weighted by Gasteiger charge is -2.15. The summed E-state index contributed by atoms with van der Waals surface area (Å²) < 4.78 is 16.0. The van der Waals surface area contributed by atoms with Crippen LogP contribution in [0.1, 0.15) is 12.0 Å². The number of anilines is 1. The Morgan fingerprint density at radius 1 is 1.00 bits per heavy atom. The van der Waals surface area contributed by atoms with Crippen LogP contribution < -0.4 is 24.8 Å². The maximum Gasteiger partial charge on any atom is 0.221 e. The Hall–Kier alpha value is -3.35. The average Bonchev–Trinajstić information content (AvgIpc) is 3.16. The third-order valence-corrected chi connectivity index (χ3v) is 4.74. The van der Waals surface area contributed by atoms with Crippen LogP contribution in [0.5, 0.6) is 17.2 Å². The van der Waals surface area contributed by atoms with Gasteiger partial charge in [-0.3, -0.25) is 4.79 Å². The fourth-order valence-electron chi connectivity index (χ4n) is 3.27. The minimum atomic E-state index is 0.00443. The summed E-state index contributed by atoms with van der Waals surface area (Å²) in [6.45, 7) is 1.10. The third-order valence-electron chi connectivity index (χ3n) is 4.74. The number of hydrogen-bond acceptors (Lipinski definition) is 5. The van der Waals surface area contributed by atoms with Crippen LogP contribution in [0.4, 0.5) is 5.69 Å². The summed E-state index contributed by atoms with van der Waals surface area (Å²) in [4.78, 5) is 15.4. The van der Waals surface area contributed by atoms with Crippen LogP contribution in [-0.2, 0) is 11.2 Å². The van der Waals surface area contributed by atoms with Crippen molar-refractivity contribution < 1.29 is 19.0 Å². The number of carbonyl (C=O) groups excluding carboxylic acids is 1. The van der Waals surface area contributed by atoms with Gasteiger partial charge in [0, 0.05) is 54.4 Å². The lowest BCUT2D eigenvalue weighted by Crippen LogP contribution is -2.27. The van der Waals surface area contributed by atoms with Crippen molar-refractivity contribution in [1.82, 2.24) is 10.3 Å². The van der Waals surface area contributed by atoms with E-state index in [1.165, 1.54) is 10.9 Å². The lowest BCUT2D eigenvalue weighted by molar-refractivity contribution is -0.120. The zero-order valence-electron chi connectivity index (χ0n) is 17.0. The number of amides is 1. The SMILES string of the molecule is COc1cc(NCCC(=O)NCCc2c[nH]c3ccccc23)cc(OC)c1OC. The molecule has 0 atom stereocenters. The number of aromatic nitrogens is 1. The molecule has 0 fully saturated rings. The van der Waals surface area contributed by atoms with Crippen molar-refractivity contribution in [3.8, 4) is 17.2 Å². The highest BCUT2D eigenvalue weighted by Crippen LogP contribution is 2.39. The second-order valence-electron chi connectivity index (χ2n) is 6.55. The maximum atomic E-state index is 12.1. The fourth-order valence-corrected chi connectivity index (χ4v) is 3.27. The lowest BCUT2D eigenvalue weighted by atomic mass is 10.1. The molecular formula is C22H27N3O4. The molecule has 3 aromatic rings. The van der Waals surface area contributed by atoms with E-state index in [4.69, 9.17) is 14.2 Å². The Labute approximate surface area is 170 Å². The number of hydrogen-bond donors (Lipinski definition) is 3. The van der Waals surface area contributed by atoms with E-state index < -0.39 is 0 Å². The molecule has 1 aromatic heterocycles. The number of methoxy groups -OCH3 is 3. The number of aromatic amines is 1. The van der Waals surface area contributed by atoms with Gasteiger partial charge in [-0.15, -0.1) is 0 Å². The number of carbonyl (C=O) groups is 1. The number of benzene rings is 2. The van der Waals surface area contributed by atoms with Gasteiger partial charge in [-0.05, 0) is 18.1 Å². The summed E-state index contributed by atoms with van der Waals surface area (Å²) in [6.07, 6.45) is 3.16.